The van der Waals surface area contributed by atoms with E-state index in [0.717, 1.165) is 5.56 Å². The number of nitrogens with one attached hydrogen (secondary N) is 1. The van der Waals surface area contributed by atoms with Gasteiger partial charge in [0.25, 0.3) is 0 Å². The third-order valence-electron chi connectivity index (χ3n) is 2.50. The van der Waals surface area contributed by atoms with Gasteiger partial charge in [0.1, 0.15) is 6.54 Å². The van der Waals surface area contributed by atoms with Crippen LogP contribution in [-0.2, 0) is 17.9 Å². The molecule has 0 fully saturated rings. The first-order valence-electron chi connectivity index (χ1n) is 5.73. The Bertz CT molecular complexity index is 596. The lowest BCUT2D eigenvalue weighted by Crippen LogP contribution is -2.19. The van der Waals surface area contributed by atoms with Crippen molar-refractivity contribution in [1.29, 1.82) is 0 Å². The van der Waals surface area contributed by atoms with Crippen LogP contribution in [0.2, 0.25) is 5.02 Å². The first-order chi connectivity index (χ1) is 9.08. The quantitative estimate of drug-likeness (QED) is 0.884. The Labute approximate surface area is 115 Å². The molecule has 0 radical (unpaired) electrons. The van der Waals surface area contributed by atoms with E-state index < -0.39 is 0 Å². The van der Waals surface area contributed by atoms with Gasteiger partial charge in [-0.25, -0.2) is 4.68 Å². The summed E-state index contributed by atoms with van der Waals surface area (Å²) in [7, 11) is 0. The molecule has 7 heteroatoms. The summed E-state index contributed by atoms with van der Waals surface area (Å²) in [5.41, 5.74) is 7.67. The molecule has 3 N–H and O–H groups in total. The van der Waals surface area contributed by atoms with Crippen LogP contribution in [0.25, 0.3) is 0 Å². The van der Waals surface area contributed by atoms with Gasteiger partial charge in [-0.3, -0.25) is 4.79 Å². The average molecular weight is 280 g/mol. The fourth-order valence-electron chi connectivity index (χ4n) is 1.58. The lowest BCUT2D eigenvalue weighted by molar-refractivity contribution is -0.116. The molecule has 0 aliphatic heterocycles. The number of carbonyl (C=O) groups excluding carboxylic acids is 1. The lowest BCUT2D eigenvalue weighted by atomic mass is 10.2. The van der Waals surface area contributed by atoms with Crippen molar-refractivity contribution in [3.05, 3.63) is 40.7 Å². The van der Waals surface area contributed by atoms with Gasteiger partial charge in [0, 0.05) is 6.54 Å². The Morgan fingerprint density at radius 2 is 2.32 bits per heavy atom. The SMILES string of the molecule is Cc1ccc(Cl)c(NC(=O)Cn2cc(CN)nn2)c1. The molecule has 19 heavy (non-hydrogen) atoms. The van der Waals surface area contributed by atoms with Crippen molar-refractivity contribution in [3.63, 3.8) is 0 Å². The monoisotopic (exact) mass is 279 g/mol. The van der Waals surface area contributed by atoms with Gasteiger partial charge in [-0.05, 0) is 24.6 Å². The Balaban J connectivity index is 2.03. The molecule has 0 atom stereocenters. The van der Waals surface area contributed by atoms with Crippen molar-refractivity contribution in [1.82, 2.24) is 15.0 Å². The van der Waals surface area contributed by atoms with Crippen LogP contribution in [0.4, 0.5) is 5.69 Å². The van der Waals surface area contributed by atoms with E-state index in [1.165, 1.54) is 4.68 Å². The molecule has 0 spiro atoms. The summed E-state index contributed by atoms with van der Waals surface area (Å²) in [5.74, 6) is -0.221. The summed E-state index contributed by atoms with van der Waals surface area (Å²) in [5, 5.41) is 10.8. The van der Waals surface area contributed by atoms with Gasteiger partial charge in [0.05, 0.1) is 22.6 Å². The Morgan fingerprint density at radius 1 is 1.53 bits per heavy atom. The molecule has 0 saturated carbocycles. The number of nitrogens with zero attached hydrogens (tertiary/aromatic N) is 3. The van der Waals surface area contributed by atoms with E-state index in [2.05, 4.69) is 15.6 Å². The van der Waals surface area contributed by atoms with Crippen LogP contribution in [0.3, 0.4) is 0 Å². The van der Waals surface area contributed by atoms with Gasteiger partial charge in [0.2, 0.25) is 5.91 Å². The molecule has 1 aromatic carbocycles. The van der Waals surface area contributed by atoms with Gasteiger partial charge in [-0.15, -0.1) is 5.10 Å². The summed E-state index contributed by atoms with van der Waals surface area (Å²) >= 11 is 6.00. The van der Waals surface area contributed by atoms with Crippen LogP contribution >= 0.6 is 11.6 Å². The van der Waals surface area contributed by atoms with Gasteiger partial charge in [-0.2, -0.15) is 0 Å². The number of benzene rings is 1. The van der Waals surface area contributed by atoms with Crippen LogP contribution in [0, 0.1) is 6.92 Å². The molecule has 0 aliphatic rings. The number of carbonyl (C=O) groups is 1. The van der Waals surface area contributed by atoms with Crippen molar-refractivity contribution in [3.8, 4) is 0 Å². The third-order valence-corrected chi connectivity index (χ3v) is 2.83. The van der Waals surface area contributed by atoms with E-state index in [0.29, 0.717) is 22.9 Å². The number of hydrogen-bond acceptors (Lipinski definition) is 4. The highest BCUT2D eigenvalue weighted by Crippen LogP contribution is 2.22. The smallest absolute Gasteiger partial charge is 0.246 e. The molecule has 2 rings (SSSR count). The molecule has 1 amide bonds. The summed E-state index contributed by atoms with van der Waals surface area (Å²) in [6, 6.07) is 5.43. The number of halogens is 1. The van der Waals surface area contributed by atoms with Gasteiger partial charge in [-0.1, -0.05) is 22.9 Å². The minimum atomic E-state index is -0.221. The van der Waals surface area contributed by atoms with Gasteiger partial charge in [0.15, 0.2) is 0 Å². The zero-order valence-corrected chi connectivity index (χ0v) is 11.2. The summed E-state index contributed by atoms with van der Waals surface area (Å²) in [6.07, 6.45) is 1.64. The molecule has 0 bridgehead atoms. The van der Waals surface area contributed by atoms with E-state index >= 15 is 0 Å². The first kappa shape index (κ1) is 13.5. The minimum absolute atomic E-state index is 0.0667. The summed E-state index contributed by atoms with van der Waals surface area (Å²) in [4.78, 5) is 11.9. The van der Waals surface area contributed by atoms with E-state index in [-0.39, 0.29) is 12.5 Å². The van der Waals surface area contributed by atoms with Crippen LogP contribution in [0.15, 0.2) is 24.4 Å². The lowest BCUT2D eigenvalue weighted by Gasteiger charge is -2.07. The number of hydrogen-bond donors (Lipinski definition) is 2. The minimum Gasteiger partial charge on any atom is -0.325 e. The van der Waals surface area contributed by atoms with E-state index in [1.54, 1.807) is 12.3 Å². The number of anilines is 1. The highest BCUT2D eigenvalue weighted by Gasteiger charge is 2.08. The fourth-order valence-corrected chi connectivity index (χ4v) is 1.75. The second-order valence-corrected chi connectivity index (χ2v) is 4.55. The van der Waals surface area contributed by atoms with Gasteiger partial charge >= 0.3 is 0 Å². The summed E-state index contributed by atoms with van der Waals surface area (Å²) in [6.45, 7) is 2.29. The molecule has 6 nitrogen and oxygen atoms in total. The zero-order chi connectivity index (χ0) is 13.8. The molecule has 0 unspecified atom stereocenters. The second-order valence-electron chi connectivity index (χ2n) is 4.14. The predicted molar refractivity (Wildman–Crippen MR) is 72.7 cm³/mol. The highest BCUT2D eigenvalue weighted by atomic mass is 35.5. The normalized spacial score (nSPS) is 10.5. The van der Waals surface area contributed by atoms with Crippen LogP contribution in [0.5, 0.6) is 0 Å². The molecular weight excluding hydrogens is 266 g/mol. The van der Waals surface area contributed by atoms with Crippen LogP contribution < -0.4 is 11.1 Å². The first-order valence-corrected chi connectivity index (χ1v) is 6.11. The Hall–Kier alpha value is -1.92. The molecule has 2 aromatic rings. The fraction of sp³-hybridized carbons (Fsp3) is 0.250. The van der Waals surface area contributed by atoms with Crippen LogP contribution in [0.1, 0.15) is 11.3 Å². The molecule has 1 heterocycles. The Morgan fingerprint density at radius 3 is 3.00 bits per heavy atom. The number of aromatic nitrogens is 3. The zero-order valence-electron chi connectivity index (χ0n) is 10.4. The topological polar surface area (TPSA) is 85.8 Å². The maximum absolute atomic E-state index is 11.9. The van der Waals surface area contributed by atoms with Gasteiger partial charge < -0.3 is 11.1 Å². The van der Waals surface area contributed by atoms with E-state index in [9.17, 15) is 4.79 Å². The Kier molecular flexibility index (Phi) is 4.13. The summed E-state index contributed by atoms with van der Waals surface area (Å²) < 4.78 is 1.43. The van der Waals surface area contributed by atoms with Crippen molar-refractivity contribution < 1.29 is 4.79 Å². The predicted octanol–water partition coefficient (Wildman–Crippen LogP) is 1.34. The molecular formula is C12H14ClN5O. The standard InChI is InChI=1S/C12H14ClN5O/c1-8-2-3-10(13)11(4-8)15-12(19)7-18-6-9(5-14)16-17-18/h2-4,6H,5,7,14H2,1H3,(H,15,19). The molecule has 1 aromatic heterocycles. The number of nitrogens with two attached hydrogens (primary N) is 1. The van der Waals surface area contributed by atoms with E-state index in [4.69, 9.17) is 17.3 Å². The third kappa shape index (κ3) is 3.52. The molecule has 0 saturated heterocycles. The largest absolute Gasteiger partial charge is 0.325 e. The maximum atomic E-state index is 11.9. The van der Waals surface area contributed by atoms with Crippen molar-refractivity contribution in [2.45, 2.75) is 20.0 Å². The van der Waals surface area contributed by atoms with Crippen molar-refractivity contribution in [2.75, 3.05) is 5.32 Å². The average Bonchev–Trinajstić information content (AvgIpc) is 2.81. The van der Waals surface area contributed by atoms with Crippen LogP contribution in [-0.4, -0.2) is 20.9 Å². The molecule has 0 aliphatic carbocycles. The number of amides is 1. The maximum Gasteiger partial charge on any atom is 0.246 e. The van der Waals surface area contributed by atoms with Crippen molar-refractivity contribution >= 4 is 23.2 Å². The van der Waals surface area contributed by atoms with E-state index in [1.807, 2.05) is 19.1 Å². The second kappa shape index (κ2) is 5.81. The number of aryl methyl sites for hydroxylation is 1. The van der Waals surface area contributed by atoms with Crippen molar-refractivity contribution in [2.24, 2.45) is 5.73 Å². The highest BCUT2D eigenvalue weighted by molar-refractivity contribution is 6.33. The molecule has 100 valence electrons. The number of rotatable bonds is 4.